The van der Waals surface area contributed by atoms with E-state index < -0.39 is 12.0 Å². The smallest absolute Gasteiger partial charge is 0.326 e. The van der Waals surface area contributed by atoms with Gasteiger partial charge < -0.3 is 15.7 Å². The van der Waals surface area contributed by atoms with Crippen molar-refractivity contribution in [3.05, 3.63) is 35.9 Å². The molecule has 1 aliphatic rings. The van der Waals surface area contributed by atoms with Crippen LogP contribution in [-0.2, 0) is 16.0 Å². The molecule has 0 radical (unpaired) electrons. The zero-order chi connectivity index (χ0) is 15.2. The molecule has 1 saturated heterocycles. The molecule has 1 aromatic rings. The maximum absolute atomic E-state index is 12.3. The first-order valence-corrected chi connectivity index (χ1v) is 7.38. The van der Waals surface area contributed by atoms with Gasteiger partial charge in [-0.15, -0.1) is 0 Å². The molecule has 114 valence electrons. The lowest BCUT2D eigenvalue weighted by atomic mass is 9.92. The molecule has 0 bridgehead atoms. The second kappa shape index (κ2) is 7.22. The number of carboxylic acids is 1. The molecule has 0 saturated carbocycles. The number of rotatable bonds is 5. The maximum atomic E-state index is 12.3. The first kappa shape index (κ1) is 15.5. The van der Waals surface area contributed by atoms with E-state index in [1.165, 1.54) is 0 Å². The summed E-state index contributed by atoms with van der Waals surface area (Å²) in [6.07, 6.45) is 2.34. The van der Waals surface area contributed by atoms with Gasteiger partial charge in [0, 0.05) is 6.42 Å². The van der Waals surface area contributed by atoms with E-state index in [-0.39, 0.29) is 17.9 Å². The molecule has 1 aliphatic heterocycles. The van der Waals surface area contributed by atoms with Crippen LogP contribution in [0.25, 0.3) is 0 Å². The summed E-state index contributed by atoms with van der Waals surface area (Å²) in [7, 11) is 0. The molecule has 3 atom stereocenters. The quantitative estimate of drug-likeness (QED) is 0.761. The lowest BCUT2D eigenvalue weighted by molar-refractivity contribution is -0.142. The van der Waals surface area contributed by atoms with E-state index in [9.17, 15) is 14.7 Å². The Morgan fingerprint density at radius 3 is 2.71 bits per heavy atom. The average molecular weight is 290 g/mol. The van der Waals surface area contributed by atoms with Gasteiger partial charge in [-0.25, -0.2) is 4.79 Å². The number of benzene rings is 1. The number of carbonyl (C=O) groups is 2. The third kappa shape index (κ3) is 4.29. The van der Waals surface area contributed by atoms with E-state index in [0.29, 0.717) is 6.42 Å². The van der Waals surface area contributed by atoms with Crippen molar-refractivity contribution >= 4 is 11.9 Å². The average Bonchev–Trinajstić information content (AvgIpc) is 2.48. The lowest BCUT2D eigenvalue weighted by Gasteiger charge is -2.30. The highest BCUT2D eigenvalue weighted by molar-refractivity contribution is 5.87. The SMILES string of the molecule is CC1CCCNC1C(=O)N[C@H](Cc1ccccc1)C(=O)O. The number of amides is 1. The summed E-state index contributed by atoms with van der Waals surface area (Å²) < 4.78 is 0. The van der Waals surface area contributed by atoms with Crippen LogP contribution in [-0.4, -0.2) is 35.6 Å². The van der Waals surface area contributed by atoms with Gasteiger partial charge in [0.05, 0.1) is 6.04 Å². The standard InChI is InChI=1S/C16H22N2O3/c1-11-6-5-9-17-14(11)15(19)18-13(16(20)21)10-12-7-3-2-4-8-12/h2-4,7-8,11,13-14,17H,5-6,9-10H2,1H3,(H,18,19)(H,20,21)/t11?,13-,14?/m1/s1. The predicted octanol–water partition coefficient (Wildman–Crippen LogP) is 1.19. The van der Waals surface area contributed by atoms with Crippen LogP contribution in [0.15, 0.2) is 30.3 Å². The van der Waals surface area contributed by atoms with Crippen LogP contribution >= 0.6 is 0 Å². The topological polar surface area (TPSA) is 78.4 Å². The minimum Gasteiger partial charge on any atom is -0.480 e. The van der Waals surface area contributed by atoms with Gasteiger partial charge in [-0.3, -0.25) is 4.79 Å². The number of piperidine rings is 1. The van der Waals surface area contributed by atoms with Gasteiger partial charge in [0.2, 0.25) is 5.91 Å². The van der Waals surface area contributed by atoms with Crippen molar-refractivity contribution in [3.63, 3.8) is 0 Å². The third-order valence-corrected chi connectivity index (χ3v) is 3.95. The van der Waals surface area contributed by atoms with Crippen LogP contribution in [0.4, 0.5) is 0 Å². The van der Waals surface area contributed by atoms with E-state index in [1.54, 1.807) is 0 Å². The zero-order valence-corrected chi connectivity index (χ0v) is 12.2. The van der Waals surface area contributed by atoms with Crippen molar-refractivity contribution in [2.24, 2.45) is 5.92 Å². The number of carbonyl (C=O) groups excluding carboxylic acids is 1. The normalized spacial score (nSPS) is 23.3. The highest BCUT2D eigenvalue weighted by Crippen LogP contribution is 2.16. The summed E-state index contributed by atoms with van der Waals surface area (Å²) >= 11 is 0. The van der Waals surface area contributed by atoms with Crippen LogP contribution in [0.1, 0.15) is 25.3 Å². The zero-order valence-electron chi connectivity index (χ0n) is 12.2. The number of carboxylic acid groups (broad SMARTS) is 1. The summed E-state index contributed by atoms with van der Waals surface area (Å²) in [4.78, 5) is 23.6. The van der Waals surface area contributed by atoms with Crippen LogP contribution in [0.3, 0.4) is 0 Å². The highest BCUT2D eigenvalue weighted by atomic mass is 16.4. The Morgan fingerprint density at radius 2 is 2.10 bits per heavy atom. The van der Waals surface area contributed by atoms with Crippen molar-refractivity contribution in [1.82, 2.24) is 10.6 Å². The van der Waals surface area contributed by atoms with Crippen LogP contribution in [0.5, 0.6) is 0 Å². The van der Waals surface area contributed by atoms with Crippen LogP contribution in [0.2, 0.25) is 0 Å². The van der Waals surface area contributed by atoms with Crippen LogP contribution < -0.4 is 10.6 Å². The molecule has 3 N–H and O–H groups in total. The monoisotopic (exact) mass is 290 g/mol. The van der Waals surface area contributed by atoms with Crippen molar-refractivity contribution in [3.8, 4) is 0 Å². The summed E-state index contributed by atoms with van der Waals surface area (Å²) in [5, 5.41) is 15.1. The molecule has 2 unspecified atom stereocenters. The van der Waals surface area contributed by atoms with E-state index in [1.807, 2.05) is 37.3 Å². The molecule has 1 aromatic carbocycles. The van der Waals surface area contributed by atoms with Gasteiger partial charge in [-0.05, 0) is 30.9 Å². The second-order valence-electron chi connectivity index (χ2n) is 5.64. The molecule has 21 heavy (non-hydrogen) atoms. The Labute approximate surface area is 124 Å². The summed E-state index contributed by atoms with van der Waals surface area (Å²) in [5.41, 5.74) is 0.898. The second-order valence-corrected chi connectivity index (χ2v) is 5.64. The number of aliphatic carboxylic acids is 1. The first-order valence-electron chi connectivity index (χ1n) is 7.38. The molecule has 0 spiro atoms. The van der Waals surface area contributed by atoms with Gasteiger partial charge in [-0.1, -0.05) is 37.3 Å². The number of hydrogen-bond acceptors (Lipinski definition) is 3. The Kier molecular flexibility index (Phi) is 5.33. The molecule has 0 aromatic heterocycles. The molecule has 2 rings (SSSR count). The van der Waals surface area contributed by atoms with Crippen LogP contribution in [0, 0.1) is 5.92 Å². The third-order valence-electron chi connectivity index (χ3n) is 3.95. The molecule has 5 heteroatoms. The van der Waals surface area contributed by atoms with E-state index >= 15 is 0 Å². The maximum Gasteiger partial charge on any atom is 0.326 e. The van der Waals surface area contributed by atoms with Gasteiger partial charge >= 0.3 is 5.97 Å². The minimum absolute atomic E-state index is 0.217. The number of nitrogens with one attached hydrogen (secondary N) is 2. The molecule has 1 heterocycles. The molecule has 5 nitrogen and oxygen atoms in total. The Hall–Kier alpha value is -1.88. The van der Waals surface area contributed by atoms with E-state index in [0.717, 1.165) is 24.9 Å². The lowest BCUT2D eigenvalue weighted by Crippen LogP contribution is -2.55. The Balaban J connectivity index is 1.99. The molecule has 0 aliphatic carbocycles. The largest absolute Gasteiger partial charge is 0.480 e. The summed E-state index contributed by atoms with van der Waals surface area (Å²) in [5.74, 6) is -0.994. The molecule has 1 amide bonds. The fourth-order valence-electron chi connectivity index (χ4n) is 2.71. The summed E-state index contributed by atoms with van der Waals surface area (Å²) in [6, 6.07) is 8.15. The van der Waals surface area contributed by atoms with Crippen molar-refractivity contribution in [1.29, 1.82) is 0 Å². The molecule has 1 fully saturated rings. The fraction of sp³-hybridized carbons (Fsp3) is 0.500. The molecular formula is C16H22N2O3. The van der Waals surface area contributed by atoms with Crippen molar-refractivity contribution < 1.29 is 14.7 Å². The Morgan fingerprint density at radius 1 is 1.38 bits per heavy atom. The van der Waals surface area contributed by atoms with Gasteiger partial charge in [0.15, 0.2) is 0 Å². The van der Waals surface area contributed by atoms with Gasteiger partial charge in [-0.2, -0.15) is 0 Å². The summed E-state index contributed by atoms with van der Waals surface area (Å²) in [6.45, 7) is 2.82. The van der Waals surface area contributed by atoms with E-state index in [2.05, 4.69) is 10.6 Å². The fourth-order valence-corrected chi connectivity index (χ4v) is 2.71. The number of hydrogen-bond donors (Lipinski definition) is 3. The first-order chi connectivity index (χ1) is 10.1. The highest BCUT2D eigenvalue weighted by Gasteiger charge is 2.30. The van der Waals surface area contributed by atoms with Crippen molar-refractivity contribution in [2.75, 3.05) is 6.54 Å². The van der Waals surface area contributed by atoms with Gasteiger partial charge in [0.1, 0.15) is 6.04 Å². The molecular weight excluding hydrogens is 268 g/mol. The van der Waals surface area contributed by atoms with E-state index in [4.69, 9.17) is 0 Å². The van der Waals surface area contributed by atoms with Crippen molar-refractivity contribution in [2.45, 2.75) is 38.3 Å². The van der Waals surface area contributed by atoms with Gasteiger partial charge in [0.25, 0.3) is 0 Å². The predicted molar refractivity (Wildman–Crippen MR) is 79.9 cm³/mol. The Bertz CT molecular complexity index is 490. The minimum atomic E-state index is -1.00.